The van der Waals surface area contributed by atoms with Gasteiger partial charge >= 0.3 is 0 Å². The van der Waals surface area contributed by atoms with Gasteiger partial charge in [0.1, 0.15) is 18.1 Å². The van der Waals surface area contributed by atoms with Crippen molar-refractivity contribution in [2.75, 3.05) is 7.11 Å². The normalized spacial score (nSPS) is 12.0. The summed E-state index contributed by atoms with van der Waals surface area (Å²) in [5, 5.41) is 0. The Morgan fingerprint density at radius 3 is 2.48 bits per heavy atom. The van der Waals surface area contributed by atoms with Crippen LogP contribution in [0.2, 0.25) is 0 Å². The first-order valence-corrected chi connectivity index (χ1v) is 7.62. The molecular formula is C17H20BrNO2. The summed E-state index contributed by atoms with van der Waals surface area (Å²) < 4.78 is 12.3. The second kappa shape index (κ2) is 6.96. The van der Waals surface area contributed by atoms with Crippen LogP contribution in [0.4, 0.5) is 0 Å². The van der Waals surface area contributed by atoms with Crippen LogP contribution in [-0.4, -0.2) is 7.11 Å². The first-order valence-electron chi connectivity index (χ1n) is 6.82. The molecule has 0 spiro atoms. The first-order chi connectivity index (χ1) is 10.0. The third-order valence-electron chi connectivity index (χ3n) is 3.35. The maximum Gasteiger partial charge on any atom is 0.125 e. The molecule has 0 unspecified atom stereocenters. The molecule has 1 atom stereocenters. The molecule has 0 aromatic heterocycles. The smallest absolute Gasteiger partial charge is 0.125 e. The Balaban J connectivity index is 2.15. The molecule has 21 heavy (non-hydrogen) atoms. The Hall–Kier alpha value is -1.52. The van der Waals surface area contributed by atoms with Gasteiger partial charge in [-0.2, -0.15) is 0 Å². The number of ether oxygens (including phenoxy) is 2. The van der Waals surface area contributed by atoms with Gasteiger partial charge < -0.3 is 15.2 Å². The molecule has 2 rings (SSSR count). The summed E-state index contributed by atoms with van der Waals surface area (Å²) in [5.74, 6) is 1.68. The summed E-state index contributed by atoms with van der Waals surface area (Å²) in [6, 6.07) is 12.0. The minimum atomic E-state index is 0.0305. The molecule has 2 aromatic rings. The van der Waals surface area contributed by atoms with E-state index in [1.807, 2.05) is 44.2 Å². The maximum atomic E-state index is 5.91. The highest BCUT2D eigenvalue weighted by molar-refractivity contribution is 9.10. The standard InChI is InChI=1S/C17H20BrNO2/c1-11-8-13(12(2)19)4-6-16(11)21-10-14-9-15(18)5-7-17(14)20-3/h4-9,12H,10,19H2,1-3H3/t12-/m1/s1. The van der Waals surface area contributed by atoms with Crippen LogP contribution in [0.3, 0.4) is 0 Å². The zero-order chi connectivity index (χ0) is 15.4. The van der Waals surface area contributed by atoms with E-state index in [1.165, 1.54) is 0 Å². The van der Waals surface area contributed by atoms with Crippen LogP contribution in [-0.2, 0) is 6.61 Å². The molecule has 2 N–H and O–H groups in total. The SMILES string of the molecule is COc1ccc(Br)cc1COc1ccc([C@@H](C)N)cc1C. The number of aryl methyl sites for hydroxylation is 1. The van der Waals surface area contributed by atoms with Gasteiger partial charge in [-0.1, -0.05) is 28.1 Å². The van der Waals surface area contributed by atoms with Gasteiger partial charge in [-0.15, -0.1) is 0 Å². The first kappa shape index (κ1) is 15.9. The summed E-state index contributed by atoms with van der Waals surface area (Å²) in [6.45, 7) is 4.46. The van der Waals surface area contributed by atoms with Gasteiger partial charge in [0.15, 0.2) is 0 Å². The van der Waals surface area contributed by atoms with Crippen LogP contribution in [0.15, 0.2) is 40.9 Å². The molecule has 0 aliphatic heterocycles. The van der Waals surface area contributed by atoms with E-state index in [0.29, 0.717) is 6.61 Å². The molecule has 0 aliphatic carbocycles. The number of hydrogen-bond acceptors (Lipinski definition) is 3. The highest BCUT2D eigenvalue weighted by Crippen LogP contribution is 2.27. The van der Waals surface area contributed by atoms with Crippen molar-refractivity contribution in [3.63, 3.8) is 0 Å². The van der Waals surface area contributed by atoms with Gasteiger partial charge in [-0.25, -0.2) is 0 Å². The average Bonchev–Trinajstić information content (AvgIpc) is 2.46. The van der Waals surface area contributed by atoms with Crippen LogP contribution in [0.25, 0.3) is 0 Å². The van der Waals surface area contributed by atoms with E-state index in [-0.39, 0.29) is 6.04 Å². The average molecular weight is 350 g/mol. The molecule has 0 bridgehead atoms. The van der Waals surface area contributed by atoms with Crippen LogP contribution in [0.5, 0.6) is 11.5 Å². The predicted molar refractivity (Wildman–Crippen MR) is 88.8 cm³/mol. The number of hydrogen-bond donors (Lipinski definition) is 1. The van der Waals surface area contributed by atoms with Gasteiger partial charge in [0, 0.05) is 16.1 Å². The van der Waals surface area contributed by atoms with Gasteiger partial charge in [-0.05, 0) is 49.2 Å². The van der Waals surface area contributed by atoms with Crippen molar-refractivity contribution in [2.45, 2.75) is 26.5 Å². The minimum Gasteiger partial charge on any atom is -0.496 e. The topological polar surface area (TPSA) is 44.5 Å². The Bertz CT molecular complexity index is 626. The van der Waals surface area contributed by atoms with Crippen molar-refractivity contribution in [3.8, 4) is 11.5 Å². The Morgan fingerprint density at radius 2 is 1.86 bits per heavy atom. The molecule has 0 heterocycles. The molecule has 3 nitrogen and oxygen atoms in total. The van der Waals surface area contributed by atoms with E-state index in [9.17, 15) is 0 Å². The van der Waals surface area contributed by atoms with Crippen LogP contribution >= 0.6 is 15.9 Å². The van der Waals surface area contributed by atoms with Crippen molar-refractivity contribution in [2.24, 2.45) is 5.73 Å². The quantitative estimate of drug-likeness (QED) is 0.871. The fourth-order valence-corrected chi connectivity index (χ4v) is 2.54. The Morgan fingerprint density at radius 1 is 1.14 bits per heavy atom. The molecule has 4 heteroatoms. The number of nitrogens with two attached hydrogens (primary N) is 1. The lowest BCUT2D eigenvalue weighted by molar-refractivity contribution is 0.294. The van der Waals surface area contributed by atoms with Crippen LogP contribution < -0.4 is 15.2 Å². The number of benzene rings is 2. The fraction of sp³-hybridized carbons (Fsp3) is 0.294. The molecule has 0 radical (unpaired) electrons. The summed E-state index contributed by atoms with van der Waals surface area (Å²) in [5.41, 5.74) is 9.09. The van der Waals surface area contributed by atoms with E-state index in [1.54, 1.807) is 7.11 Å². The van der Waals surface area contributed by atoms with Crippen molar-refractivity contribution in [1.29, 1.82) is 0 Å². The Labute approximate surface area is 134 Å². The van der Waals surface area contributed by atoms with E-state index in [2.05, 4.69) is 22.0 Å². The lowest BCUT2D eigenvalue weighted by Gasteiger charge is -2.14. The van der Waals surface area contributed by atoms with E-state index in [0.717, 1.165) is 32.7 Å². The fourth-order valence-electron chi connectivity index (χ4n) is 2.13. The van der Waals surface area contributed by atoms with Crippen molar-refractivity contribution in [3.05, 3.63) is 57.6 Å². The summed E-state index contributed by atoms with van der Waals surface area (Å²) in [4.78, 5) is 0. The minimum absolute atomic E-state index is 0.0305. The third-order valence-corrected chi connectivity index (χ3v) is 3.84. The number of halogens is 1. The van der Waals surface area contributed by atoms with Crippen molar-refractivity contribution in [1.82, 2.24) is 0 Å². The van der Waals surface area contributed by atoms with E-state index >= 15 is 0 Å². The molecule has 2 aromatic carbocycles. The second-order valence-corrected chi connectivity index (χ2v) is 5.97. The zero-order valence-electron chi connectivity index (χ0n) is 12.5. The predicted octanol–water partition coefficient (Wildman–Crippen LogP) is 4.36. The van der Waals surface area contributed by atoms with E-state index in [4.69, 9.17) is 15.2 Å². The Kier molecular flexibility index (Phi) is 5.26. The lowest BCUT2D eigenvalue weighted by Crippen LogP contribution is -2.06. The highest BCUT2D eigenvalue weighted by Gasteiger charge is 2.08. The number of methoxy groups -OCH3 is 1. The lowest BCUT2D eigenvalue weighted by atomic mass is 10.1. The largest absolute Gasteiger partial charge is 0.496 e. The van der Waals surface area contributed by atoms with Crippen LogP contribution in [0, 0.1) is 6.92 Å². The number of rotatable bonds is 5. The molecule has 0 amide bonds. The second-order valence-electron chi connectivity index (χ2n) is 5.06. The molecule has 0 saturated heterocycles. The molecule has 0 aliphatic rings. The molecule has 112 valence electrons. The summed E-state index contributed by atoms with van der Waals surface area (Å²) >= 11 is 3.47. The summed E-state index contributed by atoms with van der Waals surface area (Å²) in [6.07, 6.45) is 0. The van der Waals surface area contributed by atoms with Gasteiger partial charge in [0.05, 0.1) is 7.11 Å². The zero-order valence-corrected chi connectivity index (χ0v) is 14.1. The highest BCUT2D eigenvalue weighted by atomic mass is 79.9. The summed E-state index contributed by atoms with van der Waals surface area (Å²) in [7, 11) is 1.66. The molecule has 0 saturated carbocycles. The maximum absolute atomic E-state index is 5.91. The third kappa shape index (κ3) is 3.99. The van der Waals surface area contributed by atoms with Crippen LogP contribution in [0.1, 0.15) is 29.7 Å². The van der Waals surface area contributed by atoms with Crippen molar-refractivity contribution >= 4 is 15.9 Å². The molecular weight excluding hydrogens is 330 g/mol. The van der Waals surface area contributed by atoms with Gasteiger partial charge in [-0.3, -0.25) is 0 Å². The monoisotopic (exact) mass is 349 g/mol. The van der Waals surface area contributed by atoms with Gasteiger partial charge in [0.2, 0.25) is 0 Å². The van der Waals surface area contributed by atoms with Crippen molar-refractivity contribution < 1.29 is 9.47 Å². The van der Waals surface area contributed by atoms with Gasteiger partial charge in [0.25, 0.3) is 0 Å². The van der Waals surface area contributed by atoms with E-state index < -0.39 is 0 Å². The molecule has 0 fully saturated rings.